The van der Waals surface area contributed by atoms with Crippen molar-refractivity contribution in [3.8, 4) is 28.0 Å². The van der Waals surface area contributed by atoms with E-state index in [9.17, 15) is 14.4 Å². The number of hydrogen-bond acceptors (Lipinski definition) is 8. The van der Waals surface area contributed by atoms with Gasteiger partial charge in [0.25, 0.3) is 5.56 Å². The molecule has 0 saturated heterocycles. The summed E-state index contributed by atoms with van der Waals surface area (Å²) in [5.74, 6) is -0.208. The summed E-state index contributed by atoms with van der Waals surface area (Å²) in [6.45, 7) is 4.35. The molecule has 0 atom stereocenters. The number of carbonyl (C=O) groups excluding carboxylic acids is 2. The third-order valence-corrected chi connectivity index (χ3v) is 7.90. The topological polar surface area (TPSA) is 99.5 Å². The smallest absolute Gasteiger partial charge is 0.341 e. The molecule has 2 aromatic carbocycles. The van der Waals surface area contributed by atoms with Crippen molar-refractivity contribution in [1.82, 2.24) is 9.55 Å². The molecule has 1 N–H and O–H groups in total. The van der Waals surface area contributed by atoms with Crippen LogP contribution in [0.15, 0.2) is 76.5 Å². The van der Waals surface area contributed by atoms with Crippen molar-refractivity contribution in [2.75, 3.05) is 18.5 Å². The van der Waals surface area contributed by atoms with Crippen molar-refractivity contribution in [3.63, 3.8) is 0 Å². The van der Waals surface area contributed by atoms with E-state index >= 15 is 0 Å². The molecule has 3 heterocycles. The van der Waals surface area contributed by atoms with E-state index in [2.05, 4.69) is 10.3 Å². The normalized spacial score (nSPS) is 10.9. The van der Waals surface area contributed by atoms with Crippen molar-refractivity contribution in [1.29, 1.82) is 0 Å². The highest BCUT2D eigenvalue weighted by atomic mass is 32.1. The average molecular weight is 574 g/mol. The van der Waals surface area contributed by atoms with E-state index in [4.69, 9.17) is 9.47 Å². The van der Waals surface area contributed by atoms with E-state index in [0.29, 0.717) is 33.0 Å². The fraction of sp³-hybridized carbons (Fsp3) is 0.200. The van der Waals surface area contributed by atoms with Gasteiger partial charge < -0.3 is 14.8 Å². The molecule has 10 heteroatoms. The number of rotatable bonds is 10. The lowest BCUT2D eigenvalue weighted by molar-refractivity contribution is -0.116. The second-order valence-electron chi connectivity index (χ2n) is 8.87. The zero-order valence-electron chi connectivity index (χ0n) is 22.0. The summed E-state index contributed by atoms with van der Waals surface area (Å²) in [5, 5.41) is 7.34. The van der Waals surface area contributed by atoms with Crippen LogP contribution in [0.2, 0.25) is 0 Å². The maximum atomic E-state index is 13.5. The number of fused-ring (bicyclic) bond motifs is 1. The molecule has 0 unspecified atom stereocenters. The number of benzene rings is 2. The minimum atomic E-state index is -0.521. The number of carbonyl (C=O) groups is 2. The third-order valence-electron chi connectivity index (χ3n) is 6.12. The first-order valence-corrected chi connectivity index (χ1v) is 14.6. The Bertz CT molecular complexity index is 1710. The highest BCUT2D eigenvalue weighted by molar-refractivity contribution is 7.17. The number of nitrogens with one attached hydrogen (secondary N) is 1. The van der Waals surface area contributed by atoms with Gasteiger partial charge in [0, 0.05) is 21.9 Å². The van der Waals surface area contributed by atoms with Crippen molar-refractivity contribution in [3.05, 3.63) is 87.6 Å². The number of amides is 1. The summed E-state index contributed by atoms with van der Waals surface area (Å²) in [6.07, 6.45) is 2.29. The number of nitrogens with zero attached hydrogens (tertiary/aromatic N) is 2. The highest BCUT2D eigenvalue weighted by Crippen LogP contribution is 2.36. The molecule has 5 aromatic rings. The molecule has 5 rings (SSSR count). The van der Waals surface area contributed by atoms with Gasteiger partial charge in [0.1, 0.15) is 27.7 Å². The van der Waals surface area contributed by atoms with Crippen LogP contribution in [0.4, 0.5) is 5.00 Å². The molecule has 1 amide bonds. The van der Waals surface area contributed by atoms with Crippen LogP contribution in [0.3, 0.4) is 0 Å². The largest absolute Gasteiger partial charge is 0.494 e. The molecular weight excluding hydrogens is 546 g/mol. The number of aromatic nitrogens is 2. The molecular formula is C30H27N3O5S2. The monoisotopic (exact) mass is 573 g/mol. The van der Waals surface area contributed by atoms with Gasteiger partial charge in [0.2, 0.25) is 5.91 Å². The SMILES string of the molecule is CCCOc1ccc(-c2csc3ncn(CC(=O)Nc4scc(-c5ccccc5)c4C(=O)OCC)c(=O)c23)cc1. The summed E-state index contributed by atoms with van der Waals surface area (Å²) in [4.78, 5) is 44.5. The molecule has 0 spiro atoms. The zero-order chi connectivity index (χ0) is 28.1. The number of anilines is 1. The van der Waals surface area contributed by atoms with E-state index in [0.717, 1.165) is 28.9 Å². The molecule has 8 nitrogen and oxygen atoms in total. The lowest BCUT2D eigenvalue weighted by Crippen LogP contribution is -2.28. The van der Waals surface area contributed by atoms with Crippen LogP contribution in [0, 0.1) is 0 Å². The van der Waals surface area contributed by atoms with Crippen LogP contribution in [0.25, 0.3) is 32.5 Å². The number of thiophene rings is 2. The third kappa shape index (κ3) is 5.68. The van der Waals surface area contributed by atoms with Gasteiger partial charge in [-0.1, -0.05) is 49.4 Å². The second-order valence-corrected chi connectivity index (χ2v) is 10.6. The summed E-state index contributed by atoms with van der Waals surface area (Å²) < 4.78 is 12.2. The first kappa shape index (κ1) is 27.3. The van der Waals surface area contributed by atoms with Crippen LogP contribution >= 0.6 is 22.7 Å². The Labute approximate surface area is 238 Å². The van der Waals surface area contributed by atoms with Gasteiger partial charge in [-0.15, -0.1) is 22.7 Å². The van der Waals surface area contributed by atoms with Crippen LogP contribution in [0.1, 0.15) is 30.6 Å². The average Bonchev–Trinajstić information content (AvgIpc) is 3.59. The highest BCUT2D eigenvalue weighted by Gasteiger charge is 2.23. The molecule has 0 aliphatic heterocycles. The molecule has 0 aliphatic carbocycles. The maximum Gasteiger partial charge on any atom is 0.341 e. The minimum Gasteiger partial charge on any atom is -0.494 e. The molecule has 0 aliphatic rings. The Hall–Kier alpha value is -4.28. The Balaban J connectivity index is 1.41. The number of hydrogen-bond donors (Lipinski definition) is 1. The van der Waals surface area contributed by atoms with Crippen molar-refractivity contribution < 1.29 is 19.1 Å². The molecule has 204 valence electrons. The van der Waals surface area contributed by atoms with Crippen molar-refractivity contribution >= 4 is 49.8 Å². The summed E-state index contributed by atoms with van der Waals surface area (Å²) in [5.41, 5.74) is 3.10. The summed E-state index contributed by atoms with van der Waals surface area (Å²) in [6, 6.07) is 17.0. The summed E-state index contributed by atoms with van der Waals surface area (Å²) in [7, 11) is 0. The van der Waals surface area contributed by atoms with Gasteiger partial charge in [-0.25, -0.2) is 9.78 Å². The lowest BCUT2D eigenvalue weighted by Gasteiger charge is -2.10. The molecule has 40 heavy (non-hydrogen) atoms. The predicted octanol–water partition coefficient (Wildman–Crippen LogP) is 6.46. The van der Waals surface area contributed by atoms with E-state index in [1.807, 2.05) is 72.3 Å². The van der Waals surface area contributed by atoms with Gasteiger partial charge >= 0.3 is 5.97 Å². The van der Waals surface area contributed by atoms with E-state index in [-0.39, 0.29) is 18.7 Å². The quantitative estimate of drug-likeness (QED) is 0.193. The van der Waals surface area contributed by atoms with E-state index < -0.39 is 11.9 Å². The van der Waals surface area contributed by atoms with Crippen LogP contribution in [-0.2, 0) is 16.1 Å². The lowest BCUT2D eigenvalue weighted by atomic mass is 10.0. The Kier molecular flexibility index (Phi) is 8.37. The molecule has 0 bridgehead atoms. The number of ether oxygens (including phenoxy) is 2. The van der Waals surface area contributed by atoms with Gasteiger partial charge in [0.15, 0.2) is 0 Å². The van der Waals surface area contributed by atoms with Gasteiger partial charge in [-0.05, 0) is 36.6 Å². The van der Waals surface area contributed by atoms with Crippen LogP contribution in [-0.4, -0.2) is 34.6 Å². The fourth-order valence-corrected chi connectivity index (χ4v) is 6.13. The first-order valence-electron chi connectivity index (χ1n) is 12.8. The number of esters is 1. The van der Waals surface area contributed by atoms with Crippen LogP contribution < -0.4 is 15.6 Å². The minimum absolute atomic E-state index is 0.203. The van der Waals surface area contributed by atoms with Crippen LogP contribution in [0.5, 0.6) is 5.75 Å². The van der Waals surface area contributed by atoms with E-state index in [1.165, 1.54) is 33.6 Å². The second kappa shape index (κ2) is 12.3. The summed E-state index contributed by atoms with van der Waals surface area (Å²) >= 11 is 2.61. The first-order chi connectivity index (χ1) is 19.5. The molecule has 3 aromatic heterocycles. The Morgan fingerprint density at radius 1 is 0.950 bits per heavy atom. The molecule has 0 fully saturated rings. The van der Waals surface area contributed by atoms with Gasteiger partial charge in [-0.3, -0.25) is 14.2 Å². The Morgan fingerprint density at radius 3 is 2.40 bits per heavy atom. The van der Waals surface area contributed by atoms with Crippen molar-refractivity contribution in [2.45, 2.75) is 26.8 Å². The predicted molar refractivity (Wildman–Crippen MR) is 159 cm³/mol. The van der Waals surface area contributed by atoms with Crippen molar-refractivity contribution in [2.24, 2.45) is 0 Å². The van der Waals surface area contributed by atoms with Gasteiger partial charge in [-0.2, -0.15) is 0 Å². The zero-order valence-corrected chi connectivity index (χ0v) is 23.6. The molecule has 0 saturated carbocycles. The maximum absolute atomic E-state index is 13.5. The standard InChI is InChI=1S/C30H27N3O5S2/c1-3-14-38-21-12-10-20(11-13-21)22-16-39-27-25(22)29(35)33(18-31-27)15-24(34)32-28-26(30(36)37-4-2)23(17-40-28)19-8-6-5-7-9-19/h5-13,16-18H,3-4,14-15H2,1-2H3,(H,32,34). The van der Waals surface area contributed by atoms with E-state index in [1.54, 1.807) is 6.92 Å². The molecule has 0 radical (unpaired) electrons. The fourth-order valence-electron chi connectivity index (χ4n) is 4.25. The van der Waals surface area contributed by atoms with Gasteiger partial charge in [0.05, 0.1) is 24.9 Å². The Morgan fingerprint density at radius 2 is 1.68 bits per heavy atom.